The molecule has 3 heteroatoms. The Balaban J connectivity index is 2.36. The van der Waals surface area contributed by atoms with Gasteiger partial charge in [-0.05, 0) is 30.5 Å². The van der Waals surface area contributed by atoms with Crippen molar-refractivity contribution < 1.29 is 4.74 Å². The summed E-state index contributed by atoms with van der Waals surface area (Å²) in [4.78, 5) is 2.22. The molecule has 0 bridgehead atoms. The Morgan fingerprint density at radius 2 is 2.17 bits per heavy atom. The molecule has 0 spiro atoms. The lowest BCUT2D eigenvalue weighted by molar-refractivity contribution is 0.165. The quantitative estimate of drug-likeness (QED) is 0.800. The molecule has 1 aromatic carbocycles. The first kappa shape index (κ1) is 12.8. The van der Waals surface area contributed by atoms with E-state index in [9.17, 15) is 0 Å². The van der Waals surface area contributed by atoms with Crippen LogP contribution in [0.2, 0.25) is 0 Å². The molecule has 0 aromatic heterocycles. The summed E-state index contributed by atoms with van der Waals surface area (Å²) in [6.45, 7) is 6.48. The van der Waals surface area contributed by atoms with E-state index in [-0.39, 0.29) is 12.1 Å². The van der Waals surface area contributed by atoms with Crippen LogP contribution in [0.15, 0.2) is 18.2 Å². The van der Waals surface area contributed by atoms with Crippen LogP contribution in [-0.2, 0) is 0 Å². The zero-order valence-electron chi connectivity index (χ0n) is 11.5. The van der Waals surface area contributed by atoms with E-state index in [4.69, 9.17) is 10.00 Å². The molecule has 0 amide bonds. The fraction of sp³-hybridized carbons (Fsp3) is 0.533. The highest BCUT2D eigenvalue weighted by atomic mass is 16.5. The highest BCUT2D eigenvalue weighted by Gasteiger charge is 2.30. The number of nitriles is 1. The molecule has 1 aliphatic heterocycles. The van der Waals surface area contributed by atoms with Crippen molar-refractivity contribution in [1.29, 1.82) is 5.26 Å². The summed E-state index contributed by atoms with van der Waals surface area (Å²) in [6, 6.07) is 8.75. The molecule has 1 aromatic rings. The second-order valence-corrected chi connectivity index (χ2v) is 5.25. The van der Waals surface area contributed by atoms with Crippen LogP contribution in [0.25, 0.3) is 0 Å². The molecule has 2 unspecified atom stereocenters. The second-order valence-electron chi connectivity index (χ2n) is 5.25. The number of hydrogen-bond donors (Lipinski definition) is 0. The van der Waals surface area contributed by atoms with E-state index in [2.05, 4.69) is 50.9 Å². The van der Waals surface area contributed by atoms with E-state index in [1.165, 1.54) is 5.56 Å². The largest absolute Gasteiger partial charge is 0.485 e. The summed E-state index contributed by atoms with van der Waals surface area (Å²) in [6.07, 6.45) is 0.383. The van der Waals surface area contributed by atoms with Crippen LogP contribution < -0.4 is 9.64 Å². The molecule has 2 rings (SSSR count). The lowest BCUT2D eigenvalue weighted by Crippen LogP contribution is -2.45. The van der Waals surface area contributed by atoms with Gasteiger partial charge in [0.15, 0.2) is 0 Å². The Morgan fingerprint density at radius 1 is 1.44 bits per heavy atom. The highest BCUT2D eigenvalue weighted by molar-refractivity contribution is 5.62. The first-order valence-electron chi connectivity index (χ1n) is 6.45. The maximum absolute atomic E-state index is 8.84. The highest BCUT2D eigenvalue weighted by Crippen LogP contribution is 2.37. The van der Waals surface area contributed by atoms with E-state index in [0.717, 1.165) is 11.4 Å². The van der Waals surface area contributed by atoms with Crippen LogP contribution in [0.4, 0.5) is 5.69 Å². The van der Waals surface area contributed by atoms with Gasteiger partial charge in [-0.25, -0.2) is 0 Å². The van der Waals surface area contributed by atoms with Gasteiger partial charge in [-0.15, -0.1) is 0 Å². The van der Waals surface area contributed by atoms with E-state index in [1.54, 1.807) is 0 Å². The van der Waals surface area contributed by atoms with Gasteiger partial charge in [0.05, 0.1) is 24.2 Å². The molecule has 3 nitrogen and oxygen atoms in total. The number of nitrogens with zero attached hydrogens (tertiary/aromatic N) is 2. The van der Waals surface area contributed by atoms with Crippen molar-refractivity contribution in [2.24, 2.45) is 0 Å². The van der Waals surface area contributed by atoms with Crippen LogP contribution in [-0.4, -0.2) is 19.2 Å². The molecule has 0 saturated carbocycles. The molecule has 1 aliphatic rings. The van der Waals surface area contributed by atoms with Crippen molar-refractivity contribution in [2.75, 3.05) is 11.9 Å². The Morgan fingerprint density at radius 3 is 2.78 bits per heavy atom. The Kier molecular flexibility index (Phi) is 3.47. The monoisotopic (exact) mass is 244 g/mol. The SMILES string of the molecule is CC(C)c1ccc2c(c1)N(C)C(C)C(CC#N)O2. The Labute approximate surface area is 109 Å². The maximum atomic E-state index is 8.84. The molecule has 0 fully saturated rings. The molecule has 1 heterocycles. The van der Waals surface area contributed by atoms with Gasteiger partial charge >= 0.3 is 0 Å². The van der Waals surface area contributed by atoms with Gasteiger partial charge in [0.2, 0.25) is 0 Å². The summed E-state index contributed by atoms with van der Waals surface area (Å²) in [5, 5.41) is 8.84. The van der Waals surface area contributed by atoms with E-state index in [1.807, 2.05) is 6.07 Å². The molecule has 0 aliphatic carbocycles. The van der Waals surface area contributed by atoms with Gasteiger partial charge in [0.25, 0.3) is 0 Å². The lowest BCUT2D eigenvalue weighted by atomic mass is 9.99. The number of fused-ring (bicyclic) bond motifs is 1. The minimum Gasteiger partial charge on any atom is -0.485 e. The predicted molar refractivity (Wildman–Crippen MR) is 73.0 cm³/mol. The van der Waals surface area contributed by atoms with Crippen molar-refractivity contribution in [2.45, 2.75) is 45.3 Å². The summed E-state index contributed by atoms with van der Waals surface area (Å²) >= 11 is 0. The van der Waals surface area contributed by atoms with Crippen molar-refractivity contribution >= 4 is 5.69 Å². The molecular formula is C15H20N2O. The number of anilines is 1. The minimum absolute atomic E-state index is 0.0441. The van der Waals surface area contributed by atoms with Gasteiger partial charge in [-0.1, -0.05) is 19.9 Å². The van der Waals surface area contributed by atoms with Gasteiger partial charge in [0, 0.05) is 7.05 Å². The summed E-state index contributed by atoms with van der Waals surface area (Å²) in [5.41, 5.74) is 2.44. The number of hydrogen-bond acceptors (Lipinski definition) is 3. The fourth-order valence-corrected chi connectivity index (χ4v) is 2.30. The van der Waals surface area contributed by atoms with Gasteiger partial charge in [-0.3, -0.25) is 0 Å². The topological polar surface area (TPSA) is 36.3 Å². The standard InChI is InChI=1S/C15H20N2O/c1-10(2)12-5-6-15-13(9-12)17(4)11(3)14(18-15)7-8-16/h5-6,9-11,14H,7H2,1-4H3. The zero-order chi connectivity index (χ0) is 13.3. The average molecular weight is 244 g/mol. The van der Waals surface area contributed by atoms with Crippen LogP contribution in [0.5, 0.6) is 5.75 Å². The molecule has 96 valence electrons. The van der Waals surface area contributed by atoms with Crippen molar-refractivity contribution in [3.05, 3.63) is 23.8 Å². The lowest BCUT2D eigenvalue weighted by Gasteiger charge is -2.39. The van der Waals surface area contributed by atoms with Crippen molar-refractivity contribution in [3.8, 4) is 11.8 Å². The number of benzene rings is 1. The molecule has 0 radical (unpaired) electrons. The molecule has 0 N–H and O–H groups in total. The third-order valence-electron chi connectivity index (χ3n) is 3.75. The van der Waals surface area contributed by atoms with Crippen molar-refractivity contribution in [1.82, 2.24) is 0 Å². The zero-order valence-corrected chi connectivity index (χ0v) is 11.5. The third-order valence-corrected chi connectivity index (χ3v) is 3.75. The number of rotatable bonds is 2. The van der Waals surface area contributed by atoms with Crippen LogP contribution in [0.3, 0.4) is 0 Å². The normalized spacial score (nSPS) is 22.3. The maximum Gasteiger partial charge on any atom is 0.143 e. The minimum atomic E-state index is -0.0441. The first-order chi connectivity index (χ1) is 8.54. The van der Waals surface area contributed by atoms with Crippen LogP contribution in [0.1, 0.15) is 38.7 Å². The summed E-state index contributed by atoms with van der Waals surface area (Å²) in [5.74, 6) is 1.40. The fourth-order valence-electron chi connectivity index (χ4n) is 2.30. The van der Waals surface area contributed by atoms with Crippen molar-refractivity contribution in [3.63, 3.8) is 0 Å². The van der Waals surface area contributed by atoms with Gasteiger partial charge in [-0.2, -0.15) is 5.26 Å². The molecule has 0 saturated heterocycles. The second kappa shape index (κ2) is 4.89. The van der Waals surface area contributed by atoms with E-state index < -0.39 is 0 Å². The number of ether oxygens (including phenoxy) is 1. The summed E-state index contributed by atoms with van der Waals surface area (Å²) in [7, 11) is 2.07. The number of likely N-dealkylation sites (N-methyl/N-ethyl adjacent to an activating group) is 1. The predicted octanol–water partition coefficient (Wildman–Crippen LogP) is 3.31. The summed E-state index contributed by atoms with van der Waals surface area (Å²) < 4.78 is 5.93. The third kappa shape index (κ3) is 2.15. The Hall–Kier alpha value is -1.69. The van der Waals surface area contributed by atoms with E-state index in [0.29, 0.717) is 12.3 Å². The molecular weight excluding hydrogens is 224 g/mol. The smallest absolute Gasteiger partial charge is 0.143 e. The molecule has 2 atom stereocenters. The van der Waals surface area contributed by atoms with Gasteiger partial charge < -0.3 is 9.64 Å². The van der Waals surface area contributed by atoms with Crippen LogP contribution in [0, 0.1) is 11.3 Å². The van der Waals surface area contributed by atoms with Gasteiger partial charge in [0.1, 0.15) is 11.9 Å². The molecule has 18 heavy (non-hydrogen) atoms. The Bertz CT molecular complexity index is 476. The van der Waals surface area contributed by atoms with Crippen LogP contribution >= 0.6 is 0 Å². The first-order valence-corrected chi connectivity index (χ1v) is 6.45. The average Bonchev–Trinajstić information content (AvgIpc) is 2.35. The van der Waals surface area contributed by atoms with E-state index >= 15 is 0 Å².